The Labute approximate surface area is 192 Å². The second-order valence-corrected chi connectivity index (χ2v) is 8.50. The molecule has 0 aliphatic heterocycles. The van der Waals surface area contributed by atoms with E-state index in [-0.39, 0.29) is 5.91 Å². The highest BCUT2D eigenvalue weighted by Gasteiger charge is 2.11. The number of benzene rings is 2. The summed E-state index contributed by atoms with van der Waals surface area (Å²) in [6.45, 7) is 9.85. The Hall–Kier alpha value is -3.35. The van der Waals surface area contributed by atoms with Gasteiger partial charge in [-0.05, 0) is 59.5 Å². The summed E-state index contributed by atoms with van der Waals surface area (Å²) < 4.78 is 2.33. The number of amides is 1. The molecule has 6 heteroatoms. The summed E-state index contributed by atoms with van der Waals surface area (Å²) in [5.74, 6) is -0.230. The van der Waals surface area contributed by atoms with Gasteiger partial charge in [0.2, 0.25) is 5.91 Å². The van der Waals surface area contributed by atoms with Gasteiger partial charge in [0, 0.05) is 52.6 Å². The molecule has 2 N–H and O–H groups in total. The number of aromatic amines is 1. The molecule has 4 rings (SSSR count). The molecule has 4 aromatic rings. The topological polar surface area (TPSA) is 61.0 Å². The van der Waals surface area contributed by atoms with Gasteiger partial charge in [-0.2, -0.15) is 0 Å². The van der Waals surface area contributed by atoms with Gasteiger partial charge in [-0.3, -0.25) is 4.79 Å². The number of H-pyrrole nitrogens is 1. The van der Waals surface area contributed by atoms with Crippen LogP contribution in [-0.4, -0.2) is 33.3 Å². The normalized spacial score (nSPS) is 11.1. The van der Waals surface area contributed by atoms with Crippen molar-refractivity contribution in [2.45, 2.75) is 18.7 Å². The first-order chi connectivity index (χ1) is 15.6. The molecule has 2 aromatic carbocycles. The second kappa shape index (κ2) is 9.85. The number of hydrogen-bond donors (Lipinski definition) is 2. The van der Waals surface area contributed by atoms with Crippen LogP contribution in [-0.2, 0) is 4.79 Å². The van der Waals surface area contributed by atoms with Crippen LogP contribution >= 0.6 is 11.9 Å². The van der Waals surface area contributed by atoms with Crippen molar-refractivity contribution < 1.29 is 4.79 Å². The maximum Gasteiger partial charge on any atom is 0.247 e. The molecule has 0 spiro atoms. The highest BCUT2D eigenvalue weighted by atomic mass is 32.2. The third kappa shape index (κ3) is 4.77. The molecule has 0 radical (unpaired) electrons. The van der Waals surface area contributed by atoms with Crippen molar-refractivity contribution in [3.8, 4) is 22.3 Å². The van der Waals surface area contributed by atoms with E-state index in [1.54, 1.807) is 11.9 Å². The summed E-state index contributed by atoms with van der Waals surface area (Å²) in [4.78, 5) is 20.8. The molecular formula is C26H26N4OS. The van der Waals surface area contributed by atoms with Crippen LogP contribution in [0.2, 0.25) is 0 Å². The molecule has 0 aliphatic rings. The van der Waals surface area contributed by atoms with Gasteiger partial charge in [-0.15, -0.1) is 0 Å². The van der Waals surface area contributed by atoms with E-state index in [9.17, 15) is 4.79 Å². The first-order valence-electron chi connectivity index (χ1n) is 10.7. The molecule has 162 valence electrons. The predicted octanol–water partition coefficient (Wildman–Crippen LogP) is 6.37. The lowest BCUT2D eigenvalue weighted by atomic mass is 10.0. The molecule has 0 aliphatic carbocycles. The highest BCUT2D eigenvalue weighted by Crippen LogP contribution is 2.34. The lowest BCUT2D eigenvalue weighted by molar-refractivity contribution is -0.111. The molecule has 0 atom stereocenters. The van der Waals surface area contributed by atoms with Crippen LogP contribution in [0.1, 0.15) is 13.8 Å². The molecule has 32 heavy (non-hydrogen) atoms. The Bertz CT molecular complexity index is 1260. The van der Waals surface area contributed by atoms with E-state index >= 15 is 0 Å². The third-order valence-electron chi connectivity index (χ3n) is 5.26. The number of nitrogens with one attached hydrogen (secondary N) is 2. The molecule has 0 fully saturated rings. The first kappa shape index (κ1) is 21.9. The van der Waals surface area contributed by atoms with Crippen LogP contribution < -0.4 is 5.32 Å². The summed E-state index contributed by atoms with van der Waals surface area (Å²) in [5, 5.41) is 3.88. The predicted molar refractivity (Wildman–Crippen MR) is 135 cm³/mol. The fourth-order valence-corrected chi connectivity index (χ4v) is 4.47. The summed E-state index contributed by atoms with van der Waals surface area (Å²) in [6, 6.07) is 18.5. The Kier molecular flexibility index (Phi) is 6.73. The number of aromatic nitrogens is 2. The fraction of sp³-hybridized carbons (Fsp3) is 0.154. The minimum atomic E-state index is -0.230. The third-order valence-corrected chi connectivity index (χ3v) is 6.50. The van der Waals surface area contributed by atoms with Crippen LogP contribution in [0.5, 0.6) is 0 Å². The van der Waals surface area contributed by atoms with E-state index in [4.69, 9.17) is 0 Å². The zero-order valence-corrected chi connectivity index (χ0v) is 19.1. The van der Waals surface area contributed by atoms with Gasteiger partial charge >= 0.3 is 0 Å². The lowest BCUT2D eigenvalue weighted by Crippen LogP contribution is -2.13. The van der Waals surface area contributed by atoms with Crippen molar-refractivity contribution in [3.05, 3.63) is 79.6 Å². The van der Waals surface area contributed by atoms with Gasteiger partial charge in [-0.1, -0.05) is 44.7 Å². The summed E-state index contributed by atoms with van der Waals surface area (Å²) >= 11 is 1.78. The second-order valence-electron chi connectivity index (χ2n) is 7.33. The van der Waals surface area contributed by atoms with Crippen molar-refractivity contribution in [1.82, 2.24) is 14.3 Å². The standard InChI is InChI=1S/C26H26N4OS/c1-4-25(31)29-21-11-7-9-18(13-21)20-15-23-24(17-28-26(23)27-16-20)19-10-8-12-22(14-19)32-30(5-2)6-3/h4,7-17H,1,5-6H2,2-3H3,(H,27,28)(H,29,31). The van der Waals surface area contributed by atoms with E-state index in [2.05, 4.69) is 70.3 Å². The van der Waals surface area contributed by atoms with E-state index in [1.807, 2.05) is 36.7 Å². The van der Waals surface area contributed by atoms with Crippen molar-refractivity contribution >= 4 is 34.6 Å². The Morgan fingerprint density at radius 1 is 1.09 bits per heavy atom. The van der Waals surface area contributed by atoms with Crippen LogP contribution in [0.3, 0.4) is 0 Å². The fourth-order valence-electron chi connectivity index (χ4n) is 3.59. The first-order valence-corrected chi connectivity index (χ1v) is 11.4. The number of carbonyl (C=O) groups is 1. The van der Waals surface area contributed by atoms with Gasteiger partial charge in [0.1, 0.15) is 5.65 Å². The maximum atomic E-state index is 11.7. The van der Waals surface area contributed by atoms with Gasteiger partial charge in [0.05, 0.1) is 0 Å². The SMILES string of the molecule is C=CC(=O)Nc1cccc(-c2cnc3[nH]cc(-c4cccc(SN(CC)CC)c4)c3c2)c1. The monoisotopic (exact) mass is 442 g/mol. The largest absolute Gasteiger partial charge is 0.346 e. The Morgan fingerprint density at radius 3 is 2.66 bits per heavy atom. The molecule has 0 bridgehead atoms. The lowest BCUT2D eigenvalue weighted by Gasteiger charge is -2.16. The van der Waals surface area contributed by atoms with E-state index in [0.29, 0.717) is 0 Å². The average Bonchev–Trinajstić information content (AvgIpc) is 3.26. The van der Waals surface area contributed by atoms with Crippen molar-refractivity contribution in [1.29, 1.82) is 0 Å². The van der Waals surface area contributed by atoms with Gasteiger partial charge in [0.25, 0.3) is 0 Å². The highest BCUT2D eigenvalue weighted by molar-refractivity contribution is 7.97. The smallest absolute Gasteiger partial charge is 0.247 e. The number of fused-ring (bicyclic) bond motifs is 1. The van der Waals surface area contributed by atoms with Gasteiger partial charge < -0.3 is 10.3 Å². The number of anilines is 1. The van der Waals surface area contributed by atoms with Crippen molar-refractivity contribution in [2.24, 2.45) is 0 Å². The molecular weight excluding hydrogens is 416 g/mol. The molecule has 0 unspecified atom stereocenters. The summed E-state index contributed by atoms with van der Waals surface area (Å²) in [6.07, 6.45) is 5.13. The van der Waals surface area contributed by atoms with Crippen LogP contribution in [0.4, 0.5) is 5.69 Å². The maximum absolute atomic E-state index is 11.7. The number of hydrogen-bond acceptors (Lipinski definition) is 4. The molecule has 2 aromatic heterocycles. The van der Waals surface area contributed by atoms with E-state index in [0.717, 1.165) is 52.1 Å². The van der Waals surface area contributed by atoms with Crippen LogP contribution in [0.15, 0.2) is 84.5 Å². The zero-order valence-electron chi connectivity index (χ0n) is 18.3. The minimum Gasteiger partial charge on any atom is -0.346 e. The number of nitrogens with zero attached hydrogens (tertiary/aromatic N) is 2. The number of carbonyl (C=O) groups excluding carboxylic acids is 1. The summed E-state index contributed by atoms with van der Waals surface area (Å²) in [7, 11) is 0. The van der Waals surface area contributed by atoms with Crippen LogP contribution in [0.25, 0.3) is 33.3 Å². The quantitative estimate of drug-likeness (QED) is 0.246. The van der Waals surface area contributed by atoms with Crippen LogP contribution in [0, 0.1) is 0 Å². The summed E-state index contributed by atoms with van der Waals surface area (Å²) in [5.41, 5.74) is 5.82. The van der Waals surface area contributed by atoms with E-state index in [1.165, 1.54) is 11.0 Å². The van der Waals surface area contributed by atoms with Crippen molar-refractivity contribution in [3.63, 3.8) is 0 Å². The zero-order chi connectivity index (χ0) is 22.5. The molecule has 0 saturated carbocycles. The molecule has 0 saturated heterocycles. The number of pyridine rings is 1. The average molecular weight is 443 g/mol. The molecule has 1 amide bonds. The Morgan fingerprint density at radius 2 is 1.88 bits per heavy atom. The van der Waals surface area contributed by atoms with E-state index < -0.39 is 0 Å². The molecule has 5 nitrogen and oxygen atoms in total. The minimum absolute atomic E-state index is 0.230. The van der Waals surface area contributed by atoms with Gasteiger partial charge in [-0.25, -0.2) is 9.29 Å². The van der Waals surface area contributed by atoms with Gasteiger partial charge in [0.15, 0.2) is 0 Å². The Balaban J connectivity index is 1.69. The number of rotatable bonds is 8. The van der Waals surface area contributed by atoms with Crippen molar-refractivity contribution in [2.75, 3.05) is 18.4 Å². The molecule has 2 heterocycles.